The number of unbranched alkanes of at least 4 members (excludes halogenated alkanes) is 1. The Morgan fingerprint density at radius 2 is 2.09 bits per heavy atom. The normalized spacial score (nSPS) is 11.8. The highest BCUT2D eigenvalue weighted by Gasteiger charge is 2.16. The summed E-state index contributed by atoms with van der Waals surface area (Å²) in [4.78, 5) is 12.3. The Labute approximate surface area is 134 Å². The molecular formula is C20H28O2. The zero-order chi connectivity index (χ0) is 16.5. The fraction of sp³-hybridized carbons (Fsp3) is 0.450. The molecule has 0 N–H and O–H groups in total. The molecule has 1 atom stereocenters. The molecule has 0 aliphatic rings. The van der Waals surface area contributed by atoms with E-state index in [1.807, 2.05) is 25.1 Å². The molecule has 120 valence electrons. The molecule has 0 aliphatic carbocycles. The average molecular weight is 300 g/mol. The maximum Gasteiger partial charge on any atom is 0.338 e. The van der Waals surface area contributed by atoms with Gasteiger partial charge in [0.1, 0.15) is 0 Å². The number of hydrogen-bond acceptors (Lipinski definition) is 2. The highest BCUT2D eigenvalue weighted by atomic mass is 16.5. The maximum absolute atomic E-state index is 12.3. The van der Waals surface area contributed by atoms with Crippen molar-refractivity contribution >= 4 is 17.6 Å². The third-order valence-electron chi connectivity index (χ3n) is 4.09. The SMILES string of the molecule is C=Cc1c(C)cccc1C(=C)C(=O)OCC(CC)CCCC. The monoisotopic (exact) mass is 300 g/mol. The molecule has 0 fully saturated rings. The lowest BCUT2D eigenvalue weighted by molar-refractivity contribution is -0.138. The van der Waals surface area contributed by atoms with Crippen molar-refractivity contribution in [2.75, 3.05) is 6.61 Å². The van der Waals surface area contributed by atoms with Crippen LogP contribution in [0.25, 0.3) is 11.6 Å². The Kier molecular flexibility index (Phi) is 7.65. The summed E-state index contributed by atoms with van der Waals surface area (Å²) in [5.41, 5.74) is 3.24. The minimum atomic E-state index is -0.330. The smallest absolute Gasteiger partial charge is 0.338 e. The predicted molar refractivity (Wildman–Crippen MR) is 94.6 cm³/mol. The largest absolute Gasteiger partial charge is 0.462 e. The Balaban J connectivity index is 2.72. The lowest BCUT2D eigenvalue weighted by Gasteiger charge is -2.16. The van der Waals surface area contributed by atoms with E-state index in [9.17, 15) is 4.79 Å². The highest BCUT2D eigenvalue weighted by molar-refractivity contribution is 6.16. The van der Waals surface area contributed by atoms with Gasteiger partial charge in [-0.15, -0.1) is 0 Å². The van der Waals surface area contributed by atoms with Crippen LogP contribution in [0.4, 0.5) is 0 Å². The van der Waals surface area contributed by atoms with Gasteiger partial charge >= 0.3 is 5.97 Å². The van der Waals surface area contributed by atoms with E-state index in [2.05, 4.69) is 27.0 Å². The van der Waals surface area contributed by atoms with Crippen LogP contribution in [0, 0.1) is 12.8 Å². The molecule has 2 heteroatoms. The maximum atomic E-state index is 12.3. The minimum Gasteiger partial charge on any atom is -0.462 e. The van der Waals surface area contributed by atoms with Crippen molar-refractivity contribution in [1.82, 2.24) is 0 Å². The summed E-state index contributed by atoms with van der Waals surface area (Å²) in [6.07, 6.45) is 6.25. The molecule has 1 rings (SSSR count). The summed E-state index contributed by atoms with van der Waals surface area (Å²) >= 11 is 0. The first kappa shape index (κ1) is 18.2. The molecule has 0 saturated heterocycles. The zero-order valence-electron chi connectivity index (χ0n) is 14.2. The van der Waals surface area contributed by atoms with Crippen molar-refractivity contribution in [2.24, 2.45) is 5.92 Å². The van der Waals surface area contributed by atoms with Crippen LogP contribution in [0.5, 0.6) is 0 Å². The Hall–Kier alpha value is -1.83. The van der Waals surface area contributed by atoms with Gasteiger partial charge in [-0.25, -0.2) is 4.79 Å². The number of rotatable bonds is 9. The Morgan fingerprint density at radius 3 is 2.68 bits per heavy atom. The summed E-state index contributed by atoms with van der Waals surface area (Å²) in [7, 11) is 0. The number of hydrogen-bond donors (Lipinski definition) is 0. The molecule has 0 spiro atoms. The number of carbonyl (C=O) groups excluding carboxylic acids is 1. The summed E-state index contributed by atoms with van der Waals surface area (Å²) in [6, 6.07) is 5.81. The molecule has 0 aromatic heterocycles. The second-order valence-corrected chi connectivity index (χ2v) is 5.73. The van der Waals surface area contributed by atoms with Crippen LogP contribution in [-0.2, 0) is 9.53 Å². The van der Waals surface area contributed by atoms with Gasteiger partial charge in [0.25, 0.3) is 0 Å². The quantitative estimate of drug-likeness (QED) is 0.450. The molecule has 0 amide bonds. The molecule has 0 radical (unpaired) electrons. The topological polar surface area (TPSA) is 26.3 Å². The molecule has 2 nitrogen and oxygen atoms in total. The van der Waals surface area contributed by atoms with E-state index in [4.69, 9.17) is 4.74 Å². The van der Waals surface area contributed by atoms with Gasteiger partial charge in [-0.05, 0) is 36.0 Å². The second kappa shape index (κ2) is 9.24. The van der Waals surface area contributed by atoms with Gasteiger partial charge in [0.05, 0.1) is 12.2 Å². The van der Waals surface area contributed by atoms with E-state index in [0.717, 1.165) is 29.5 Å². The van der Waals surface area contributed by atoms with Crippen molar-refractivity contribution in [2.45, 2.75) is 46.5 Å². The van der Waals surface area contributed by atoms with Crippen LogP contribution >= 0.6 is 0 Å². The lowest BCUT2D eigenvalue weighted by Crippen LogP contribution is -2.15. The molecular weight excluding hydrogens is 272 g/mol. The average Bonchev–Trinajstić information content (AvgIpc) is 2.53. The van der Waals surface area contributed by atoms with Crippen LogP contribution in [0.2, 0.25) is 0 Å². The molecule has 0 heterocycles. The molecule has 0 bridgehead atoms. The first-order valence-corrected chi connectivity index (χ1v) is 8.13. The van der Waals surface area contributed by atoms with Gasteiger partial charge in [-0.3, -0.25) is 0 Å². The minimum absolute atomic E-state index is 0.330. The molecule has 1 aromatic carbocycles. The standard InChI is InChI=1S/C20H28O2/c1-6-9-12-17(7-2)14-22-20(21)16(5)19-13-10-11-15(4)18(19)8-3/h8,10-11,13,17H,3,5-7,9,12,14H2,1-2,4H3. The van der Waals surface area contributed by atoms with Crippen LogP contribution in [0.3, 0.4) is 0 Å². The van der Waals surface area contributed by atoms with Crippen LogP contribution in [0.1, 0.15) is 56.2 Å². The van der Waals surface area contributed by atoms with Crippen LogP contribution in [0.15, 0.2) is 31.4 Å². The second-order valence-electron chi connectivity index (χ2n) is 5.73. The van der Waals surface area contributed by atoms with Gasteiger partial charge in [0, 0.05) is 0 Å². The van der Waals surface area contributed by atoms with Crippen LogP contribution in [-0.4, -0.2) is 12.6 Å². The highest BCUT2D eigenvalue weighted by Crippen LogP contribution is 2.24. The van der Waals surface area contributed by atoms with Crippen molar-refractivity contribution in [3.8, 4) is 0 Å². The van der Waals surface area contributed by atoms with Gasteiger partial charge < -0.3 is 4.74 Å². The first-order chi connectivity index (χ1) is 10.5. The molecule has 0 saturated carbocycles. The van der Waals surface area contributed by atoms with Gasteiger partial charge in [-0.1, -0.05) is 70.5 Å². The van der Waals surface area contributed by atoms with E-state index in [0.29, 0.717) is 18.1 Å². The van der Waals surface area contributed by atoms with E-state index in [1.54, 1.807) is 6.08 Å². The Morgan fingerprint density at radius 1 is 1.36 bits per heavy atom. The Bertz CT molecular complexity index is 529. The van der Waals surface area contributed by atoms with Crippen molar-refractivity contribution < 1.29 is 9.53 Å². The number of aryl methyl sites for hydroxylation is 1. The summed E-state index contributed by atoms with van der Waals surface area (Å²) < 4.78 is 5.47. The third kappa shape index (κ3) is 4.87. The molecule has 22 heavy (non-hydrogen) atoms. The van der Waals surface area contributed by atoms with E-state index in [-0.39, 0.29) is 5.97 Å². The summed E-state index contributed by atoms with van der Waals surface area (Å²) in [5.74, 6) is 0.108. The fourth-order valence-corrected chi connectivity index (χ4v) is 2.50. The zero-order valence-corrected chi connectivity index (χ0v) is 14.2. The van der Waals surface area contributed by atoms with E-state index < -0.39 is 0 Å². The van der Waals surface area contributed by atoms with Gasteiger partial charge in [0.15, 0.2) is 0 Å². The fourth-order valence-electron chi connectivity index (χ4n) is 2.50. The third-order valence-corrected chi connectivity index (χ3v) is 4.09. The van der Waals surface area contributed by atoms with Gasteiger partial charge in [0.2, 0.25) is 0 Å². The van der Waals surface area contributed by atoms with Crippen molar-refractivity contribution in [3.63, 3.8) is 0 Å². The van der Waals surface area contributed by atoms with Crippen LogP contribution < -0.4 is 0 Å². The first-order valence-electron chi connectivity index (χ1n) is 8.13. The van der Waals surface area contributed by atoms with E-state index in [1.165, 1.54) is 12.8 Å². The summed E-state index contributed by atoms with van der Waals surface area (Å²) in [6.45, 7) is 14.5. The summed E-state index contributed by atoms with van der Waals surface area (Å²) in [5, 5.41) is 0. The van der Waals surface area contributed by atoms with Gasteiger partial charge in [-0.2, -0.15) is 0 Å². The lowest BCUT2D eigenvalue weighted by atomic mass is 9.96. The number of esters is 1. The predicted octanol–water partition coefficient (Wildman–Crippen LogP) is 5.41. The van der Waals surface area contributed by atoms with Crippen molar-refractivity contribution in [1.29, 1.82) is 0 Å². The van der Waals surface area contributed by atoms with E-state index >= 15 is 0 Å². The number of benzene rings is 1. The molecule has 1 aromatic rings. The molecule has 1 unspecified atom stereocenters. The number of carbonyl (C=O) groups is 1. The van der Waals surface area contributed by atoms with Crippen molar-refractivity contribution in [3.05, 3.63) is 48.0 Å². The molecule has 0 aliphatic heterocycles. The number of ether oxygens (including phenoxy) is 1.